The molecule has 1 amide bonds. The van der Waals surface area contributed by atoms with E-state index in [-0.39, 0.29) is 17.6 Å². The molecule has 1 unspecified atom stereocenters. The van der Waals surface area contributed by atoms with Crippen LogP contribution in [0.4, 0.5) is 10.1 Å². The Morgan fingerprint density at radius 2 is 2.30 bits per heavy atom. The van der Waals surface area contributed by atoms with Crippen molar-refractivity contribution in [2.24, 2.45) is 0 Å². The van der Waals surface area contributed by atoms with E-state index in [0.717, 1.165) is 11.4 Å². The number of aromatic nitrogens is 1. The highest BCUT2D eigenvalue weighted by molar-refractivity contribution is 7.09. The van der Waals surface area contributed by atoms with Crippen LogP contribution in [0.15, 0.2) is 29.8 Å². The Morgan fingerprint density at radius 3 is 2.90 bits per heavy atom. The van der Waals surface area contributed by atoms with E-state index in [1.54, 1.807) is 19.3 Å². The highest BCUT2D eigenvalue weighted by Crippen LogP contribution is 2.22. The average molecular weight is 293 g/mol. The van der Waals surface area contributed by atoms with Gasteiger partial charge in [-0.05, 0) is 18.6 Å². The van der Waals surface area contributed by atoms with Gasteiger partial charge in [-0.3, -0.25) is 4.79 Å². The first kappa shape index (κ1) is 14.5. The third-order valence-corrected chi connectivity index (χ3v) is 3.86. The number of halogens is 1. The molecule has 0 bridgehead atoms. The summed E-state index contributed by atoms with van der Waals surface area (Å²) in [6.07, 6.45) is 2.43. The molecule has 2 N–H and O–H groups in total. The summed E-state index contributed by atoms with van der Waals surface area (Å²) in [6.45, 7) is 1.97. The van der Waals surface area contributed by atoms with E-state index in [2.05, 4.69) is 15.6 Å². The number of carbonyl (C=O) groups is 1. The molecule has 0 saturated carbocycles. The SMILES string of the molecule is CCC(NC(=O)c1cccc(F)c1NC)c1nccs1. The van der Waals surface area contributed by atoms with Crippen LogP contribution in [0.2, 0.25) is 0 Å². The molecular formula is C14H16FN3OS. The molecule has 0 saturated heterocycles. The van der Waals surface area contributed by atoms with E-state index in [4.69, 9.17) is 0 Å². The van der Waals surface area contributed by atoms with E-state index in [1.165, 1.54) is 23.5 Å². The summed E-state index contributed by atoms with van der Waals surface area (Å²) in [5.74, 6) is -0.752. The van der Waals surface area contributed by atoms with Crippen LogP contribution < -0.4 is 10.6 Å². The molecule has 20 heavy (non-hydrogen) atoms. The number of hydrogen-bond acceptors (Lipinski definition) is 4. The largest absolute Gasteiger partial charge is 0.385 e. The van der Waals surface area contributed by atoms with Gasteiger partial charge in [0.15, 0.2) is 0 Å². The predicted molar refractivity (Wildman–Crippen MR) is 78.6 cm³/mol. The van der Waals surface area contributed by atoms with Crippen LogP contribution in [0, 0.1) is 5.82 Å². The van der Waals surface area contributed by atoms with Gasteiger partial charge >= 0.3 is 0 Å². The number of hydrogen-bond donors (Lipinski definition) is 2. The molecule has 0 spiro atoms. The minimum absolute atomic E-state index is 0.157. The average Bonchev–Trinajstić information content (AvgIpc) is 2.98. The number of nitrogens with one attached hydrogen (secondary N) is 2. The maximum Gasteiger partial charge on any atom is 0.254 e. The molecule has 106 valence electrons. The van der Waals surface area contributed by atoms with E-state index >= 15 is 0 Å². The van der Waals surface area contributed by atoms with Crippen LogP contribution in [0.3, 0.4) is 0 Å². The Morgan fingerprint density at radius 1 is 1.50 bits per heavy atom. The molecule has 1 atom stereocenters. The van der Waals surface area contributed by atoms with Gasteiger partial charge in [0.25, 0.3) is 5.91 Å². The van der Waals surface area contributed by atoms with Crippen LogP contribution in [-0.4, -0.2) is 17.9 Å². The van der Waals surface area contributed by atoms with Gasteiger partial charge in [0.05, 0.1) is 17.3 Å². The van der Waals surface area contributed by atoms with E-state index in [0.29, 0.717) is 5.56 Å². The third kappa shape index (κ3) is 2.96. The van der Waals surface area contributed by atoms with Crippen LogP contribution in [-0.2, 0) is 0 Å². The van der Waals surface area contributed by atoms with Crippen molar-refractivity contribution in [1.82, 2.24) is 10.3 Å². The van der Waals surface area contributed by atoms with E-state index in [1.807, 2.05) is 12.3 Å². The van der Waals surface area contributed by atoms with Gasteiger partial charge in [0, 0.05) is 18.6 Å². The lowest BCUT2D eigenvalue weighted by Gasteiger charge is -2.16. The molecule has 0 aliphatic rings. The second-order valence-electron chi connectivity index (χ2n) is 4.22. The van der Waals surface area contributed by atoms with Crippen molar-refractivity contribution in [2.75, 3.05) is 12.4 Å². The Hall–Kier alpha value is -1.95. The predicted octanol–water partition coefficient (Wildman–Crippen LogP) is 3.21. The zero-order valence-electron chi connectivity index (χ0n) is 11.3. The van der Waals surface area contributed by atoms with E-state index in [9.17, 15) is 9.18 Å². The van der Waals surface area contributed by atoms with Gasteiger partial charge in [-0.1, -0.05) is 13.0 Å². The fraction of sp³-hybridized carbons (Fsp3) is 0.286. The van der Waals surface area contributed by atoms with Crippen LogP contribution in [0.25, 0.3) is 0 Å². The first-order valence-corrected chi connectivity index (χ1v) is 7.21. The smallest absolute Gasteiger partial charge is 0.254 e. The minimum Gasteiger partial charge on any atom is -0.385 e. The molecular weight excluding hydrogens is 277 g/mol. The van der Waals surface area contributed by atoms with Crippen molar-refractivity contribution in [1.29, 1.82) is 0 Å². The molecule has 6 heteroatoms. The molecule has 2 aromatic rings. The normalized spacial score (nSPS) is 11.9. The van der Waals surface area contributed by atoms with Crippen molar-refractivity contribution in [3.63, 3.8) is 0 Å². The lowest BCUT2D eigenvalue weighted by atomic mass is 10.1. The number of benzene rings is 1. The van der Waals surface area contributed by atoms with Crippen molar-refractivity contribution >= 4 is 22.9 Å². The summed E-state index contributed by atoms with van der Waals surface area (Å²) >= 11 is 1.49. The monoisotopic (exact) mass is 293 g/mol. The van der Waals surface area contributed by atoms with Crippen LogP contribution in [0.5, 0.6) is 0 Å². The second-order valence-corrected chi connectivity index (χ2v) is 5.14. The number of rotatable bonds is 5. The number of para-hydroxylation sites is 1. The summed E-state index contributed by atoms with van der Waals surface area (Å²) in [5, 5.41) is 8.33. The van der Waals surface area contributed by atoms with Gasteiger partial charge in [-0.15, -0.1) is 11.3 Å². The number of thiazole rings is 1. The van der Waals surface area contributed by atoms with Gasteiger partial charge in [-0.2, -0.15) is 0 Å². The Labute approximate surface area is 121 Å². The van der Waals surface area contributed by atoms with E-state index < -0.39 is 5.82 Å². The molecule has 1 heterocycles. The van der Waals surface area contributed by atoms with Gasteiger partial charge < -0.3 is 10.6 Å². The maximum absolute atomic E-state index is 13.7. The van der Waals surface area contributed by atoms with Crippen molar-refractivity contribution in [2.45, 2.75) is 19.4 Å². The lowest BCUT2D eigenvalue weighted by Crippen LogP contribution is -2.28. The van der Waals surface area contributed by atoms with Crippen molar-refractivity contribution in [3.8, 4) is 0 Å². The van der Waals surface area contributed by atoms with Crippen LogP contribution in [0.1, 0.15) is 34.8 Å². The molecule has 4 nitrogen and oxygen atoms in total. The Bertz CT molecular complexity index is 586. The summed E-state index contributed by atoms with van der Waals surface area (Å²) < 4.78 is 13.7. The van der Waals surface area contributed by atoms with Crippen molar-refractivity contribution in [3.05, 3.63) is 46.2 Å². The third-order valence-electron chi connectivity index (χ3n) is 2.97. The molecule has 0 aliphatic heterocycles. The molecule has 2 rings (SSSR count). The highest BCUT2D eigenvalue weighted by Gasteiger charge is 2.19. The van der Waals surface area contributed by atoms with Gasteiger partial charge in [0.1, 0.15) is 10.8 Å². The molecule has 0 fully saturated rings. The molecule has 1 aromatic heterocycles. The minimum atomic E-state index is -0.442. The summed E-state index contributed by atoms with van der Waals surface area (Å²) in [5.41, 5.74) is 0.501. The zero-order valence-corrected chi connectivity index (χ0v) is 12.1. The molecule has 0 aliphatic carbocycles. The Balaban J connectivity index is 2.22. The zero-order chi connectivity index (χ0) is 14.5. The van der Waals surface area contributed by atoms with Crippen LogP contribution >= 0.6 is 11.3 Å². The van der Waals surface area contributed by atoms with Crippen molar-refractivity contribution < 1.29 is 9.18 Å². The lowest BCUT2D eigenvalue weighted by molar-refractivity contribution is 0.0936. The fourth-order valence-electron chi connectivity index (χ4n) is 1.95. The first-order chi connectivity index (χ1) is 9.67. The number of carbonyl (C=O) groups excluding carboxylic acids is 1. The number of nitrogens with zero attached hydrogens (tertiary/aromatic N) is 1. The molecule has 0 radical (unpaired) electrons. The number of anilines is 1. The first-order valence-electron chi connectivity index (χ1n) is 6.33. The topological polar surface area (TPSA) is 54.0 Å². The second kappa shape index (κ2) is 6.47. The molecule has 1 aromatic carbocycles. The fourth-order valence-corrected chi connectivity index (χ4v) is 2.72. The summed E-state index contributed by atoms with van der Waals surface area (Å²) in [7, 11) is 1.59. The summed E-state index contributed by atoms with van der Waals surface area (Å²) in [4.78, 5) is 16.5. The number of amides is 1. The standard InChI is InChI=1S/C14H16FN3OS/c1-3-11(14-17-7-8-20-14)18-13(19)9-5-4-6-10(15)12(9)16-2/h4-8,11,16H,3H2,1-2H3,(H,18,19). The van der Waals surface area contributed by atoms with Gasteiger partial charge in [-0.25, -0.2) is 9.37 Å². The van der Waals surface area contributed by atoms with Gasteiger partial charge in [0.2, 0.25) is 0 Å². The summed E-state index contributed by atoms with van der Waals surface area (Å²) in [6, 6.07) is 4.28. The highest BCUT2D eigenvalue weighted by atomic mass is 32.1. The Kier molecular flexibility index (Phi) is 4.68. The quantitative estimate of drug-likeness (QED) is 0.890. The maximum atomic E-state index is 13.7.